The lowest BCUT2D eigenvalue weighted by atomic mass is 9.74. The number of nitrogens with zero attached hydrogens (tertiary/aromatic N) is 2. The zero-order valence-corrected chi connectivity index (χ0v) is 13.9. The summed E-state index contributed by atoms with van der Waals surface area (Å²) in [5, 5.41) is 6.78. The minimum absolute atomic E-state index is 0.0681. The monoisotopic (exact) mass is 328 g/mol. The third-order valence-corrected chi connectivity index (χ3v) is 5.19. The highest BCUT2D eigenvalue weighted by atomic mass is 19.2. The molecular weight excluding hydrogens is 302 g/mol. The second kappa shape index (κ2) is 6.80. The Morgan fingerprint density at radius 1 is 1.43 bits per heavy atom. The van der Waals surface area contributed by atoms with Gasteiger partial charge in [-0.05, 0) is 19.4 Å². The lowest BCUT2D eigenvalue weighted by molar-refractivity contribution is 0.140. The molecule has 2 heterocycles. The van der Waals surface area contributed by atoms with Crippen LogP contribution < -0.4 is 21.5 Å². The topological polar surface area (TPSA) is 63.7 Å². The summed E-state index contributed by atoms with van der Waals surface area (Å²) in [6, 6.07) is -0.279. The van der Waals surface area contributed by atoms with Gasteiger partial charge in [0.25, 0.3) is 0 Å². The quantitative estimate of drug-likeness (QED) is 0.604. The van der Waals surface area contributed by atoms with E-state index in [2.05, 4.69) is 38.3 Å². The Bertz CT molecular complexity index is 502. The molecule has 0 aromatic rings. The van der Waals surface area contributed by atoms with E-state index < -0.39 is 17.9 Å². The second-order valence-electron chi connectivity index (χ2n) is 6.61. The molecule has 8 heteroatoms. The Morgan fingerprint density at radius 2 is 2.22 bits per heavy atom. The molecule has 0 unspecified atom stereocenters. The van der Waals surface area contributed by atoms with Crippen LogP contribution in [-0.4, -0.2) is 55.5 Å². The molecule has 0 amide bonds. The maximum Gasteiger partial charge on any atom is 0.155 e. The largest absolute Gasteiger partial charge is 0.308 e. The van der Waals surface area contributed by atoms with Crippen molar-refractivity contribution < 1.29 is 8.78 Å². The fraction of sp³-hybridized carbons (Fsp3) is 0.800. The van der Waals surface area contributed by atoms with Crippen LogP contribution >= 0.6 is 0 Å². The summed E-state index contributed by atoms with van der Waals surface area (Å²) >= 11 is 0. The van der Waals surface area contributed by atoms with Gasteiger partial charge in [0.05, 0.1) is 6.17 Å². The summed E-state index contributed by atoms with van der Waals surface area (Å²) in [5.41, 5.74) is 6.37. The van der Waals surface area contributed by atoms with E-state index in [1.165, 1.54) is 0 Å². The van der Waals surface area contributed by atoms with E-state index in [1.807, 2.05) is 0 Å². The molecule has 1 saturated heterocycles. The fourth-order valence-corrected chi connectivity index (χ4v) is 3.69. The Balaban J connectivity index is 1.85. The van der Waals surface area contributed by atoms with E-state index in [4.69, 9.17) is 0 Å². The first-order valence-corrected chi connectivity index (χ1v) is 8.25. The highest BCUT2D eigenvalue weighted by Crippen LogP contribution is 2.38. The van der Waals surface area contributed by atoms with E-state index in [-0.39, 0.29) is 18.1 Å². The minimum Gasteiger partial charge on any atom is -0.308 e. The molecular formula is C15H26F2N6. The molecule has 130 valence electrons. The van der Waals surface area contributed by atoms with Crippen molar-refractivity contribution in [2.45, 2.75) is 39.2 Å². The molecule has 1 aliphatic carbocycles. The molecule has 3 rings (SSSR count). The van der Waals surface area contributed by atoms with E-state index in [0.29, 0.717) is 18.1 Å². The third-order valence-electron chi connectivity index (χ3n) is 5.19. The van der Waals surface area contributed by atoms with Crippen molar-refractivity contribution in [3.05, 3.63) is 11.4 Å². The van der Waals surface area contributed by atoms with E-state index >= 15 is 0 Å². The van der Waals surface area contributed by atoms with Gasteiger partial charge in [0, 0.05) is 37.6 Å². The van der Waals surface area contributed by atoms with Gasteiger partial charge in [-0.1, -0.05) is 6.92 Å². The number of rotatable bonds is 4. The van der Waals surface area contributed by atoms with Gasteiger partial charge in [-0.25, -0.2) is 14.2 Å². The van der Waals surface area contributed by atoms with Gasteiger partial charge in [0.15, 0.2) is 6.17 Å². The van der Waals surface area contributed by atoms with Crippen molar-refractivity contribution in [3.63, 3.8) is 0 Å². The Morgan fingerprint density at radius 3 is 2.83 bits per heavy atom. The first-order chi connectivity index (χ1) is 11.0. The summed E-state index contributed by atoms with van der Waals surface area (Å²) in [4.78, 5) is 6.62. The van der Waals surface area contributed by atoms with Gasteiger partial charge in [0.2, 0.25) is 0 Å². The van der Waals surface area contributed by atoms with Gasteiger partial charge in [-0.15, -0.1) is 0 Å². The molecule has 0 bridgehead atoms. The molecule has 23 heavy (non-hydrogen) atoms. The smallest absolute Gasteiger partial charge is 0.155 e. The third kappa shape index (κ3) is 3.13. The first-order valence-electron chi connectivity index (χ1n) is 8.25. The maximum atomic E-state index is 14.4. The molecule has 6 nitrogen and oxygen atoms in total. The summed E-state index contributed by atoms with van der Waals surface area (Å²) in [6.45, 7) is 8.64. The lowest BCUT2D eigenvalue weighted by Crippen LogP contribution is -2.57. The van der Waals surface area contributed by atoms with E-state index in [1.54, 1.807) is 13.8 Å². The summed E-state index contributed by atoms with van der Waals surface area (Å²) < 4.78 is 28.7. The van der Waals surface area contributed by atoms with Crippen molar-refractivity contribution in [2.24, 2.45) is 16.8 Å². The molecule has 0 spiro atoms. The van der Waals surface area contributed by atoms with Gasteiger partial charge in [-0.2, -0.15) is 0 Å². The number of hydrazine groups is 1. The molecule has 0 saturated carbocycles. The van der Waals surface area contributed by atoms with Crippen molar-refractivity contribution >= 4 is 5.84 Å². The standard InChI is InChI=1S/C15H26F2N6/c1-8-11(15-19-6-20-22-15)14(9(2)13(17)12(8)16)21-10(3)23-5-4-18-7-23/h8,10-12,14,18,20-21H,4-7H2,1-3H3,(H,19,22)/t8-,10+,11+,12-,14-/m1/s1. The average Bonchev–Trinajstić information content (AvgIpc) is 3.23. The molecule has 4 N–H and O–H groups in total. The van der Waals surface area contributed by atoms with Crippen LogP contribution in [0.4, 0.5) is 8.78 Å². The first kappa shape index (κ1) is 16.8. The van der Waals surface area contributed by atoms with E-state index in [0.717, 1.165) is 19.8 Å². The zero-order chi connectivity index (χ0) is 16.6. The molecule has 0 aromatic heterocycles. The summed E-state index contributed by atoms with van der Waals surface area (Å²) in [6.07, 6.45) is -1.51. The Labute approximate surface area is 135 Å². The van der Waals surface area contributed by atoms with Crippen LogP contribution in [0.2, 0.25) is 0 Å². The van der Waals surface area contributed by atoms with Crippen LogP contribution in [0.5, 0.6) is 0 Å². The van der Waals surface area contributed by atoms with Gasteiger partial charge in [0.1, 0.15) is 18.3 Å². The van der Waals surface area contributed by atoms with Crippen LogP contribution in [0.15, 0.2) is 16.4 Å². The second-order valence-corrected chi connectivity index (χ2v) is 6.61. The number of aliphatic imine (C=N–C) groups is 1. The number of alkyl halides is 1. The van der Waals surface area contributed by atoms with Crippen molar-refractivity contribution in [1.29, 1.82) is 0 Å². The number of amidine groups is 1. The molecule has 0 radical (unpaired) electrons. The lowest BCUT2D eigenvalue weighted by Gasteiger charge is -2.41. The van der Waals surface area contributed by atoms with Crippen molar-refractivity contribution in [3.8, 4) is 0 Å². The average molecular weight is 328 g/mol. The number of hydrogen-bond acceptors (Lipinski definition) is 6. The van der Waals surface area contributed by atoms with Crippen molar-refractivity contribution in [1.82, 2.24) is 26.4 Å². The Hall–Kier alpha value is -1.09. The maximum absolute atomic E-state index is 14.4. The number of nitrogens with one attached hydrogen (secondary N) is 4. The highest BCUT2D eigenvalue weighted by Gasteiger charge is 2.45. The van der Waals surface area contributed by atoms with E-state index in [9.17, 15) is 8.78 Å². The van der Waals surface area contributed by atoms with Crippen LogP contribution in [0.3, 0.4) is 0 Å². The van der Waals surface area contributed by atoms with Crippen LogP contribution in [0, 0.1) is 11.8 Å². The molecule has 2 aliphatic heterocycles. The number of hydrogen-bond donors (Lipinski definition) is 4. The minimum atomic E-state index is -1.58. The predicted molar refractivity (Wildman–Crippen MR) is 85.9 cm³/mol. The normalized spacial score (nSPS) is 37.0. The molecule has 0 aromatic carbocycles. The Kier molecular flexibility index (Phi) is 4.96. The molecule has 1 fully saturated rings. The van der Waals surface area contributed by atoms with Crippen molar-refractivity contribution in [2.75, 3.05) is 26.4 Å². The summed E-state index contributed by atoms with van der Waals surface area (Å²) in [7, 11) is 0. The fourth-order valence-electron chi connectivity index (χ4n) is 3.69. The van der Waals surface area contributed by atoms with Crippen LogP contribution in [0.1, 0.15) is 20.8 Å². The van der Waals surface area contributed by atoms with Crippen LogP contribution in [0.25, 0.3) is 0 Å². The molecule has 5 atom stereocenters. The highest BCUT2D eigenvalue weighted by molar-refractivity contribution is 5.87. The number of allylic oxidation sites excluding steroid dienone is 1. The SMILES string of the molecule is CC1=C(F)[C@H](F)[C@H](C)[C@H](C2=NCNN2)[C@@H]1N[C@H](C)N1CCNC1. The zero-order valence-electron chi connectivity index (χ0n) is 13.9. The van der Waals surface area contributed by atoms with Gasteiger partial charge < -0.3 is 10.7 Å². The van der Waals surface area contributed by atoms with Gasteiger partial charge in [-0.3, -0.25) is 15.2 Å². The van der Waals surface area contributed by atoms with Gasteiger partial charge >= 0.3 is 0 Å². The summed E-state index contributed by atoms with van der Waals surface area (Å²) in [5.74, 6) is -0.635. The predicted octanol–water partition coefficient (Wildman–Crippen LogP) is 0.465. The van der Waals surface area contributed by atoms with Crippen LogP contribution in [-0.2, 0) is 0 Å². The molecule has 3 aliphatic rings. The number of halogens is 2.